The van der Waals surface area contributed by atoms with E-state index >= 15 is 0 Å². The number of benzene rings is 1. The molecule has 0 radical (unpaired) electrons. The van der Waals surface area contributed by atoms with Crippen LogP contribution in [-0.2, 0) is 10.0 Å². The molecule has 1 unspecified atom stereocenters. The van der Waals surface area contributed by atoms with Crippen LogP contribution in [0.3, 0.4) is 0 Å². The third-order valence-electron chi connectivity index (χ3n) is 2.56. The van der Waals surface area contributed by atoms with Gasteiger partial charge in [0.05, 0.1) is 17.0 Å². The number of rotatable bonds is 5. The van der Waals surface area contributed by atoms with Crippen molar-refractivity contribution in [3.63, 3.8) is 0 Å². The van der Waals surface area contributed by atoms with Crippen LogP contribution in [0, 0.1) is 0 Å². The molecule has 0 spiro atoms. The molecule has 4 nitrogen and oxygen atoms in total. The zero-order valence-corrected chi connectivity index (χ0v) is 10.3. The highest BCUT2D eigenvalue weighted by Crippen LogP contribution is 2.15. The van der Waals surface area contributed by atoms with Crippen LogP contribution >= 0.6 is 0 Å². The van der Waals surface area contributed by atoms with Crippen molar-refractivity contribution in [3.8, 4) is 0 Å². The minimum absolute atomic E-state index is 0.211. The SMILES string of the molecule is CCC(C)(CO)NS(=O)(=O)c1ccccc1. The van der Waals surface area contributed by atoms with Gasteiger partial charge in [0.25, 0.3) is 0 Å². The first-order valence-corrected chi connectivity index (χ1v) is 6.62. The molecule has 0 fully saturated rings. The molecule has 16 heavy (non-hydrogen) atoms. The summed E-state index contributed by atoms with van der Waals surface area (Å²) in [7, 11) is -3.55. The van der Waals surface area contributed by atoms with Gasteiger partial charge in [0.1, 0.15) is 0 Å². The van der Waals surface area contributed by atoms with Crippen molar-refractivity contribution in [1.29, 1.82) is 0 Å². The Hall–Kier alpha value is -0.910. The molecule has 2 N–H and O–H groups in total. The molecule has 0 aliphatic carbocycles. The minimum atomic E-state index is -3.55. The molecule has 0 aromatic heterocycles. The van der Waals surface area contributed by atoms with E-state index < -0.39 is 15.6 Å². The van der Waals surface area contributed by atoms with Crippen molar-refractivity contribution in [2.45, 2.75) is 30.7 Å². The summed E-state index contributed by atoms with van der Waals surface area (Å²) in [6.07, 6.45) is 0.523. The summed E-state index contributed by atoms with van der Waals surface area (Å²) in [5.41, 5.74) is -0.811. The lowest BCUT2D eigenvalue weighted by atomic mass is 10.0. The Labute approximate surface area is 96.4 Å². The highest BCUT2D eigenvalue weighted by Gasteiger charge is 2.28. The average molecular weight is 243 g/mol. The molecule has 1 rings (SSSR count). The van der Waals surface area contributed by atoms with Crippen molar-refractivity contribution in [1.82, 2.24) is 4.72 Å². The summed E-state index contributed by atoms with van der Waals surface area (Å²) in [5, 5.41) is 9.17. The normalized spacial score (nSPS) is 15.7. The lowest BCUT2D eigenvalue weighted by Gasteiger charge is -2.26. The second-order valence-electron chi connectivity index (χ2n) is 3.99. The quantitative estimate of drug-likeness (QED) is 0.814. The number of aliphatic hydroxyl groups is 1. The van der Waals surface area contributed by atoms with Gasteiger partial charge in [0.15, 0.2) is 0 Å². The first kappa shape index (κ1) is 13.2. The van der Waals surface area contributed by atoms with E-state index in [-0.39, 0.29) is 11.5 Å². The monoisotopic (exact) mass is 243 g/mol. The minimum Gasteiger partial charge on any atom is -0.394 e. The van der Waals surface area contributed by atoms with E-state index in [1.54, 1.807) is 25.1 Å². The Morgan fingerprint density at radius 2 is 1.88 bits per heavy atom. The molecule has 1 aromatic rings. The highest BCUT2D eigenvalue weighted by atomic mass is 32.2. The third-order valence-corrected chi connectivity index (χ3v) is 4.22. The van der Waals surface area contributed by atoms with Gasteiger partial charge in [0, 0.05) is 0 Å². The van der Waals surface area contributed by atoms with Crippen LogP contribution in [0.4, 0.5) is 0 Å². The van der Waals surface area contributed by atoms with Crippen LogP contribution in [0.15, 0.2) is 35.2 Å². The molecule has 0 saturated carbocycles. The second kappa shape index (κ2) is 4.95. The Balaban J connectivity index is 2.97. The summed E-state index contributed by atoms with van der Waals surface area (Å²) < 4.78 is 26.4. The van der Waals surface area contributed by atoms with Crippen LogP contribution in [0.1, 0.15) is 20.3 Å². The van der Waals surface area contributed by atoms with E-state index in [0.717, 1.165) is 0 Å². The number of hydrogen-bond donors (Lipinski definition) is 2. The van der Waals surface area contributed by atoms with Crippen molar-refractivity contribution < 1.29 is 13.5 Å². The van der Waals surface area contributed by atoms with E-state index in [4.69, 9.17) is 5.11 Å². The molecule has 0 aliphatic rings. The van der Waals surface area contributed by atoms with Crippen molar-refractivity contribution in [3.05, 3.63) is 30.3 Å². The first-order chi connectivity index (χ1) is 7.43. The molecule has 0 bridgehead atoms. The molecule has 1 aromatic carbocycles. The Kier molecular flexibility index (Phi) is 4.07. The van der Waals surface area contributed by atoms with Gasteiger partial charge in [-0.2, -0.15) is 0 Å². The first-order valence-electron chi connectivity index (χ1n) is 5.13. The van der Waals surface area contributed by atoms with Gasteiger partial charge in [-0.25, -0.2) is 13.1 Å². The summed E-state index contributed by atoms with van der Waals surface area (Å²) in [6.45, 7) is 3.27. The predicted octanol–water partition coefficient (Wildman–Crippen LogP) is 1.13. The molecule has 5 heteroatoms. The summed E-state index contributed by atoms with van der Waals surface area (Å²) >= 11 is 0. The molecular formula is C11H17NO3S. The molecule has 0 amide bonds. The maximum atomic E-state index is 11.9. The maximum Gasteiger partial charge on any atom is 0.241 e. The highest BCUT2D eigenvalue weighted by molar-refractivity contribution is 7.89. The predicted molar refractivity (Wildman–Crippen MR) is 62.5 cm³/mol. The smallest absolute Gasteiger partial charge is 0.241 e. The fourth-order valence-corrected chi connectivity index (χ4v) is 2.69. The van der Waals surface area contributed by atoms with Crippen molar-refractivity contribution in [2.24, 2.45) is 0 Å². The standard InChI is InChI=1S/C11H17NO3S/c1-3-11(2,9-13)12-16(14,15)10-7-5-4-6-8-10/h4-8,12-13H,3,9H2,1-2H3. The molecule has 0 heterocycles. The lowest BCUT2D eigenvalue weighted by Crippen LogP contribution is -2.48. The number of aliphatic hydroxyl groups excluding tert-OH is 1. The van der Waals surface area contributed by atoms with E-state index in [9.17, 15) is 8.42 Å². The Bertz CT molecular complexity index is 424. The van der Waals surface area contributed by atoms with Crippen LogP contribution in [0.2, 0.25) is 0 Å². The van der Waals surface area contributed by atoms with E-state index in [0.29, 0.717) is 6.42 Å². The van der Waals surface area contributed by atoms with Crippen molar-refractivity contribution >= 4 is 10.0 Å². The molecule has 0 aliphatic heterocycles. The van der Waals surface area contributed by atoms with Gasteiger partial charge in [-0.15, -0.1) is 0 Å². The van der Waals surface area contributed by atoms with Gasteiger partial charge in [0.2, 0.25) is 10.0 Å². The summed E-state index contributed by atoms with van der Waals surface area (Å²) in [5.74, 6) is 0. The fourth-order valence-electron chi connectivity index (χ4n) is 1.20. The zero-order chi connectivity index (χ0) is 12.2. The third kappa shape index (κ3) is 3.04. The number of hydrogen-bond acceptors (Lipinski definition) is 3. The van der Waals surface area contributed by atoms with E-state index in [2.05, 4.69) is 4.72 Å². The summed E-state index contributed by atoms with van der Waals surface area (Å²) in [4.78, 5) is 0.211. The second-order valence-corrected chi connectivity index (χ2v) is 5.67. The Morgan fingerprint density at radius 3 is 2.31 bits per heavy atom. The fraction of sp³-hybridized carbons (Fsp3) is 0.455. The van der Waals surface area contributed by atoms with Gasteiger partial charge < -0.3 is 5.11 Å². The van der Waals surface area contributed by atoms with E-state index in [1.165, 1.54) is 12.1 Å². The van der Waals surface area contributed by atoms with Gasteiger partial charge in [-0.1, -0.05) is 25.1 Å². The van der Waals surface area contributed by atoms with Gasteiger partial charge >= 0.3 is 0 Å². The number of sulfonamides is 1. The summed E-state index contributed by atoms with van der Waals surface area (Å²) in [6, 6.07) is 8.13. The average Bonchev–Trinajstić information content (AvgIpc) is 2.29. The molecule has 90 valence electrons. The lowest BCUT2D eigenvalue weighted by molar-refractivity contribution is 0.191. The largest absolute Gasteiger partial charge is 0.394 e. The van der Waals surface area contributed by atoms with Crippen LogP contribution < -0.4 is 4.72 Å². The van der Waals surface area contributed by atoms with Crippen LogP contribution in [-0.4, -0.2) is 25.7 Å². The van der Waals surface area contributed by atoms with Crippen LogP contribution in [0.25, 0.3) is 0 Å². The zero-order valence-electron chi connectivity index (χ0n) is 9.47. The van der Waals surface area contributed by atoms with Gasteiger partial charge in [-0.05, 0) is 25.5 Å². The van der Waals surface area contributed by atoms with Crippen molar-refractivity contribution in [2.75, 3.05) is 6.61 Å². The van der Waals surface area contributed by atoms with Gasteiger partial charge in [-0.3, -0.25) is 0 Å². The molecule has 1 atom stereocenters. The number of nitrogens with one attached hydrogen (secondary N) is 1. The molecular weight excluding hydrogens is 226 g/mol. The molecule has 0 saturated heterocycles. The van der Waals surface area contributed by atoms with Crippen LogP contribution in [0.5, 0.6) is 0 Å². The van der Waals surface area contributed by atoms with E-state index in [1.807, 2.05) is 6.92 Å². The Morgan fingerprint density at radius 1 is 1.31 bits per heavy atom. The maximum absolute atomic E-state index is 11.9. The topological polar surface area (TPSA) is 66.4 Å².